The lowest BCUT2D eigenvalue weighted by atomic mass is 10.2. The zero-order valence-corrected chi connectivity index (χ0v) is 14.9. The summed E-state index contributed by atoms with van der Waals surface area (Å²) in [7, 11) is 1.76. The third-order valence-electron chi connectivity index (χ3n) is 4.79. The van der Waals surface area contributed by atoms with Crippen LogP contribution in [0.2, 0.25) is 0 Å². The Morgan fingerprint density at radius 3 is 2.92 bits per heavy atom. The fourth-order valence-electron chi connectivity index (χ4n) is 3.35. The molecule has 1 atom stereocenters. The lowest BCUT2D eigenvalue weighted by molar-refractivity contribution is -0.146. The third-order valence-corrected chi connectivity index (χ3v) is 5.52. The average molecular weight is 351 g/mol. The fraction of sp³-hybridized carbons (Fsp3) is 0.647. The molecule has 1 aliphatic heterocycles. The number of nitrogens with zero attached hydrogens (tertiary/aromatic N) is 2. The Labute approximate surface area is 146 Å². The maximum atomic E-state index is 12.7. The molecule has 24 heavy (non-hydrogen) atoms. The number of morpholine rings is 1. The van der Waals surface area contributed by atoms with E-state index in [0.29, 0.717) is 25.7 Å². The zero-order chi connectivity index (χ0) is 16.9. The monoisotopic (exact) mass is 351 g/mol. The second-order valence-electron chi connectivity index (χ2n) is 6.59. The minimum Gasteiger partial charge on any atom is -0.365 e. The number of nitrogens with one attached hydrogen (secondary N) is 1. The quantitative estimate of drug-likeness (QED) is 0.883. The Morgan fingerprint density at radius 2 is 2.25 bits per heavy atom. The van der Waals surface area contributed by atoms with Crippen LogP contribution in [0.1, 0.15) is 31.2 Å². The highest BCUT2D eigenvalue weighted by molar-refractivity contribution is 7.07. The summed E-state index contributed by atoms with van der Waals surface area (Å²) in [4.78, 5) is 27.8. The van der Waals surface area contributed by atoms with E-state index in [1.165, 1.54) is 18.4 Å². The second kappa shape index (κ2) is 7.98. The molecular weight excluding hydrogens is 326 g/mol. The average Bonchev–Trinajstić information content (AvgIpc) is 3.26. The predicted molar refractivity (Wildman–Crippen MR) is 92.9 cm³/mol. The Balaban J connectivity index is 1.55. The molecule has 2 heterocycles. The van der Waals surface area contributed by atoms with Gasteiger partial charge in [-0.2, -0.15) is 11.3 Å². The van der Waals surface area contributed by atoms with Crippen molar-refractivity contribution in [3.63, 3.8) is 0 Å². The number of amides is 3. The molecule has 132 valence electrons. The number of hydrogen-bond donors (Lipinski definition) is 1. The summed E-state index contributed by atoms with van der Waals surface area (Å²) in [5, 5.41) is 7.15. The van der Waals surface area contributed by atoms with Crippen LogP contribution in [0.5, 0.6) is 0 Å². The molecule has 2 aliphatic rings. The Bertz CT molecular complexity index is 557. The van der Waals surface area contributed by atoms with E-state index in [0.717, 1.165) is 12.8 Å². The first kappa shape index (κ1) is 17.2. The molecule has 0 aromatic carbocycles. The molecule has 1 aromatic heterocycles. The number of likely N-dealkylation sites (N-methyl/N-ethyl adjacent to an activating group) is 1. The summed E-state index contributed by atoms with van der Waals surface area (Å²) in [5.74, 6) is -0.0115. The van der Waals surface area contributed by atoms with Crippen molar-refractivity contribution in [2.24, 2.45) is 0 Å². The van der Waals surface area contributed by atoms with Crippen molar-refractivity contribution in [1.82, 2.24) is 15.1 Å². The van der Waals surface area contributed by atoms with Crippen LogP contribution in [0.3, 0.4) is 0 Å². The highest BCUT2D eigenvalue weighted by Crippen LogP contribution is 2.25. The largest absolute Gasteiger partial charge is 0.365 e. The summed E-state index contributed by atoms with van der Waals surface area (Å²) >= 11 is 1.66. The van der Waals surface area contributed by atoms with Gasteiger partial charge in [0.2, 0.25) is 5.91 Å². The van der Waals surface area contributed by atoms with Crippen molar-refractivity contribution in [2.75, 3.05) is 26.7 Å². The van der Waals surface area contributed by atoms with Gasteiger partial charge >= 0.3 is 6.03 Å². The van der Waals surface area contributed by atoms with Crippen LogP contribution in [0, 0.1) is 0 Å². The van der Waals surface area contributed by atoms with Crippen LogP contribution in [0.25, 0.3) is 0 Å². The molecule has 3 amide bonds. The molecule has 7 heteroatoms. The minimum atomic E-state index is -0.136. The number of hydrogen-bond acceptors (Lipinski definition) is 4. The molecule has 1 unspecified atom stereocenters. The van der Waals surface area contributed by atoms with Gasteiger partial charge in [-0.1, -0.05) is 12.8 Å². The van der Waals surface area contributed by atoms with Crippen molar-refractivity contribution in [3.05, 3.63) is 22.4 Å². The van der Waals surface area contributed by atoms with Crippen molar-refractivity contribution < 1.29 is 14.3 Å². The van der Waals surface area contributed by atoms with Crippen LogP contribution in [-0.4, -0.2) is 60.6 Å². The molecular formula is C17H25N3O3S. The standard InChI is InChI=1S/C17H25N3O3S/c1-19-10-15(23-11-16(19)21)8-18-17(22)20(14-4-2-3-5-14)9-13-6-7-24-12-13/h6-7,12,14-15H,2-5,8-11H2,1H3,(H,18,22). The first-order valence-corrected chi connectivity index (χ1v) is 9.49. The number of carbonyl (C=O) groups is 2. The molecule has 1 aromatic rings. The molecule has 6 nitrogen and oxygen atoms in total. The maximum absolute atomic E-state index is 12.7. The number of thiophene rings is 1. The van der Waals surface area contributed by atoms with Crippen molar-refractivity contribution in [1.29, 1.82) is 0 Å². The van der Waals surface area contributed by atoms with Gasteiger partial charge in [0.05, 0.1) is 6.10 Å². The molecule has 1 aliphatic carbocycles. The molecule has 3 rings (SSSR count). The van der Waals surface area contributed by atoms with Crippen molar-refractivity contribution in [3.8, 4) is 0 Å². The predicted octanol–water partition coefficient (Wildman–Crippen LogP) is 2.06. The van der Waals surface area contributed by atoms with Gasteiger partial charge in [-0.05, 0) is 35.2 Å². The van der Waals surface area contributed by atoms with Crippen molar-refractivity contribution in [2.45, 2.75) is 44.4 Å². The van der Waals surface area contributed by atoms with Gasteiger partial charge in [-0.25, -0.2) is 4.79 Å². The number of urea groups is 1. The van der Waals surface area contributed by atoms with Crippen molar-refractivity contribution >= 4 is 23.3 Å². The van der Waals surface area contributed by atoms with Gasteiger partial charge in [0, 0.05) is 32.7 Å². The number of rotatable bonds is 5. The molecule has 1 N–H and O–H groups in total. The SMILES string of the molecule is CN1CC(CNC(=O)N(Cc2ccsc2)C2CCCC2)OCC1=O. The summed E-state index contributed by atoms with van der Waals surface area (Å²) < 4.78 is 5.50. The highest BCUT2D eigenvalue weighted by Gasteiger charge is 2.28. The Morgan fingerprint density at radius 1 is 1.46 bits per heavy atom. The first-order chi connectivity index (χ1) is 11.6. The lowest BCUT2D eigenvalue weighted by Gasteiger charge is -2.32. The zero-order valence-electron chi connectivity index (χ0n) is 14.1. The van der Waals surface area contributed by atoms with Gasteiger partial charge in [-0.15, -0.1) is 0 Å². The van der Waals surface area contributed by atoms with E-state index in [-0.39, 0.29) is 24.6 Å². The number of ether oxygens (including phenoxy) is 1. The topological polar surface area (TPSA) is 61.9 Å². The first-order valence-electron chi connectivity index (χ1n) is 8.54. The van der Waals surface area contributed by atoms with E-state index in [1.54, 1.807) is 23.3 Å². The Hall–Kier alpha value is -1.60. The van der Waals surface area contributed by atoms with Gasteiger partial charge < -0.3 is 19.9 Å². The molecule has 0 radical (unpaired) electrons. The number of carbonyl (C=O) groups excluding carboxylic acids is 2. The molecule has 2 fully saturated rings. The van der Waals surface area contributed by atoms with E-state index >= 15 is 0 Å². The van der Waals surface area contributed by atoms with E-state index in [1.807, 2.05) is 10.3 Å². The second-order valence-corrected chi connectivity index (χ2v) is 7.37. The van der Waals surface area contributed by atoms with Gasteiger partial charge in [-0.3, -0.25) is 4.79 Å². The molecule has 1 saturated carbocycles. The smallest absolute Gasteiger partial charge is 0.318 e. The van der Waals surface area contributed by atoms with Gasteiger partial charge in [0.1, 0.15) is 6.61 Å². The summed E-state index contributed by atoms with van der Waals surface area (Å²) in [5.41, 5.74) is 1.18. The highest BCUT2D eigenvalue weighted by atomic mass is 32.1. The minimum absolute atomic E-state index is 0.0115. The van der Waals surface area contributed by atoms with E-state index in [9.17, 15) is 9.59 Å². The van der Waals surface area contributed by atoms with Gasteiger partial charge in [0.25, 0.3) is 0 Å². The Kier molecular flexibility index (Phi) is 5.73. The third kappa shape index (κ3) is 4.27. The van der Waals surface area contributed by atoms with E-state index in [4.69, 9.17) is 4.74 Å². The normalized spacial score (nSPS) is 22.0. The van der Waals surface area contributed by atoms with E-state index < -0.39 is 0 Å². The fourth-order valence-corrected chi connectivity index (χ4v) is 4.01. The molecule has 0 spiro atoms. The summed E-state index contributed by atoms with van der Waals surface area (Å²) in [6, 6.07) is 2.36. The van der Waals surface area contributed by atoms with Crippen LogP contribution in [0.15, 0.2) is 16.8 Å². The van der Waals surface area contributed by atoms with Crippen LogP contribution >= 0.6 is 11.3 Å². The maximum Gasteiger partial charge on any atom is 0.318 e. The summed E-state index contributed by atoms with van der Waals surface area (Å²) in [6.45, 7) is 1.71. The van der Waals surface area contributed by atoms with Crippen LogP contribution < -0.4 is 5.32 Å². The van der Waals surface area contributed by atoms with Crippen LogP contribution in [0.4, 0.5) is 4.79 Å². The van der Waals surface area contributed by atoms with E-state index in [2.05, 4.69) is 16.8 Å². The van der Waals surface area contributed by atoms with Gasteiger partial charge in [0.15, 0.2) is 0 Å². The van der Waals surface area contributed by atoms with Crippen LogP contribution in [-0.2, 0) is 16.1 Å². The lowest BCUT2D eigenvalue weighted by Crippen LogP contribution is -2.51. The molecule has 0 bridgehead atoms. The summed E-state index contributed by atoms with van der Waals surface area (Å²) in [6.07, 6.45) is 4.40. The molecule has 1 saturated heterocycles.